The molecule has 0 saturated heterocycles. The van der Waals surface area contributed by atoms with Gasteiger partial charge in [-0.15, -0.1) is 0 Å². The summed E-state index contributed by atoms with van der Waals surface area (Å²) in [6.07, 6.45) is 2.85. The Labute approximate surface area is 64.1 Å². The number of aromatic nitrogens is 1. The van der Waals surface area contributed by atoms with E-state index in [1.807, 2.05) is 12.3 Å². The molecule has 3 heteroatoms. The minimum absolute atomic E-state index is 0.241. The SMILES string of the molecule is ClC1OCCc2[nH]ccc21. The fourth-order valence-electron chi connectivity index (χ4n) is 1.20. The summed E-state index contributed by atoms with van der Waals surface area (Å²) in [6, 6.07) is 1.96. The summed E-state index contributed by atoms with van der Waals surface area (Å²) in [4.78, 5) is 3.12. The quantitative estimate of drug-likeness (QED) is 0.571. The molecule has 0 aromatic carbocycles. The van der Waals surface area contributed by atoms with Gasteiger partial charge in [-0.2, -0.15) is 0 Å². The molecule has 0 bridgehead atoms. The van der Waals surface area contributed by atoms with Crippen LogP contribution < -0.4 is 0 Å². The van der Waals surface area contributed by atoms with Crippen molar-refractivity contribution in [1.29, 1.82) is 0 Å². The molecular formula is C7H8ClNO. The van der Waals surface area contributed by atoms with Gasteiger partial charge in [0.1, 0.15) is 0 Å². The number of H-pyrrole nitrogens is 1. The van der Waals surface area contributed by atoms with E-state index in [-0.39, 0.29) is 5.56 Å². The standard InChI is InChI=1S/C7H8ClNO/c8-7-5-1-3-9-6(5)2-4-10-7/h1,3,7,9H,2,4H2. The highest BCUT2D eigenvalue weighted by atomic mass is 35.5. The molecule has 1 atom stereocenters. The zero-order chi connectivity index (χ0) is 6.97. The second kappa shape index (κ2) is 2.29. The highest BCUT2D eigenvalue weighted by Gasteiger charge is 2.18. The summed E-state index contributed by atoms with van der Waals surface area (Å²) < 4.78 is 5.21. The van der Waals surface area contributed by atoms with Crippen molar-refractivity contribution in [3.8, 4) is 0 Å². The Balaban J connectivity index is 2.41. The highest BCUT2D eigenvalue weighted by Crippen LogP contribution is 2.28. The molecule has 0 spiro atoms. The highest BCUT2D eigenvalue weighted by molar-refractivity contribution is 6.20. The average molecular weight is 158 g/mol. The first kappa shape index (κ1) is 6.25. The van der Waals surface area contributed by atoms with Gasteiger partial charge in [0.2, 0.25) is 0 Å². The molecule has 2 nitrogen and oxygen atoms in total. The van der Waals surface area contributed by atoms with Gasteiger partial charge in [-0.3, -0.25) is 0 Å². The van der Waals surface area contributed by atoms with E-state index in [0.717, 1.165) is 18.6 Å². The average Bonchev–Trinajstić information content (AvgIpc) is 2.36. The van der Waals surface area contributed by atoms with Gasteiger partial charge in [-0.1, -0.05) is 11.6 Å². The van der Waals surface area contributed by atoms with Crippen LogP contribution in [0.2, 0.25) is 0 Å². The van der Waals surface area contributed by atoms with E-state index in [1.54, 1.807) is 0 Å². The first-order chi connectivity index (χ1) is 4.88. The Morgan fingerprint density at radius 2 is 2.60 bits per heavy atom. The number of rotatable bonds is 0. The molecule has 10 heavy (non-hydrogen) atoms. The van der Waals surface area contributed by atoms with Gasteiger partial charge in [-0.25, -0.2) is 0 Å². The van der Waals surface area contributed by atoms with Crippen LogP contribution in [-0.4, -0.2) is 11.6 Å². The predicted molar refractivity (Wildman–Crippen MR) is 39.0 cm³/mol. The lowest BCUT2D eigenvalue weighted by Gasteiger charge is -2.17. The molecule has 2 rings (SSSR count). The van der Waals surface area contributed by atoms with E-state index in [4.69, 9.17) is 16.3 Å². The minimum Gasteiger partial charge on any atom is -0.365 e. The number of ether oxygens (including phenoxy) is 1. The van der Waals surface area contributed by atoms with Crippen LogP contribution in [0.1, 0.15) is 16.8 Å². The smallest absolute Gasteiger partial charge is 0.158 e. The maximum Gasteiger partial charge on any atom is 0.158 e. The number of alkyl halides is 1. The molecule has 2 heterocycles. The van der Waals surface area contributed by atoms with Crippen molar-refractivity contribution >= 4 is 11.6 Å². The second-order valence-corrected chi connectivity index (χ2v) is 2.74. The number of nitrogens with one attached hydrogen (secondary N) is 1. The van der Waals surface area contributed by atoms with E-state index in [9.17, 15) is 0 Å². The van der Waals surface area contributed by atoms with Crippen molar-refractivity contribution in [3.05, 3.63) is 23.5 Å². The van der Waals surface area contributed by atoms with Crippen molar-refractivity contribution < 1.29 is 4.74 Å². The van der Waals surface area contributed by atoms with Crippen LogP contribution in [0.25, 0.3) is 0 Å². The Hall–Kier alpha value is -0.470. The van der Waals surface area contributed by atoms with Crippen molar-refractivity contribution in [2.24, 2.45) is 0 Å². The molecular weight excluding hydrogens is 150 g/mol. The third-order valence-electron chi connectivity index (χ3n) is 1.73. The Kier molecular flexibility index (Phi) is 1.43. The fourth-order valence-corrected chi connectivity index (χ4v) is 1.49. The third kappa shape index (κ3) is 0.842. The fraction of sp³-hybridized carbons (Fsp3) is 0.429. The summed E-state index contributed by atoms with van der Waals surface area (Å²) in [5, 5.41) is 0. The van der Waals surface area contributed by atoms with Gasteiger partial charge in [0, 0.05) is 23.9 Å². The lowest BCUT2D eigenvalue weighted by Crippen LogP contribution is -2.10. The van der Waals surface area contributed by atoms with Crippen LogP contribution in [-0.2, 0) is 11.2 Å². The molecule has 1 aliphatic rings. The van der Waals surface area contributed by atoms with Crippen molar-refractivity contribution in [3.63, 3.8) is 0 Å². The second-order valence-electron chi connectivity index (χ2n) is 2.35. The van der Waals surface area contributed by atoms with E-state index in [0.29, 0.717) is 0 Å². The first-order valence-corrected chi connectivity index (χ1v) is 3.73. The van der Waals surface area contributed by atoms with Crippen LogP contribution in [0.3, 0.4) is 0 Å². The molecule has 0 aliphatic carbocycles. The number of aromatic amines is 1. The molecule has 0 radical (unpaired) electrons. The minimum atomic E-state index is -0.241. The predicted octanol–water partition coefficient (Wildman–Crippen LogP) is 1.82. The zero-order valence-electron chi connectivity index (χ0n) is 5.43. The summed E-state index contributed by atoms with van der Waals surface area (Å²) in [6.45, 7) is 0.724. The lowest BCUT2D eigenvalue weighted by atomic mass is 10.2. The van der Waals surface area contributed by atoms with Crippen molar-refractivity contribution in [2.45, 2.75) is 12.0 Å². The topological polar surface area (TPSA) is 25.0 Å². The number of hydrogen-bond donors (Lipinski definition) is 1. The molecule has 1 N–H and O–H groups in total. The monoisotopic (exact) mass is 157 g/mol. The Morgan fingerprint density at radius 3 is 3.40 bits per heavy atom. The lowest BCUT2D eigenvalue weighted by molar-refractivity contribution is 0.0972. The summed E-state index contributed by atoms with van der Waals surface area (Å²) >= 11 is 5.85. The van der Waals surface area contributed by atoms with Crippen molar-refractivity contribution in [1.82, 2.24) is 4.98 Å². The van der Waals surface area contributed by atoms with Crippen molar-refractivity contribution in [2.75, 3.05) is 6.61 Å². The van der Waals surface area contributed by atoms with Gasteiger partial charge >= 0.3 is 0 Å². The van der Waals surface area contributed by atoms with Gasteiger partial charge in [0.15, 0.2) is 5.56 Å². The molecule has 1 aliphatic heterocycles. The van der Waals surface area contributed by atoms with E-state index >= 15 is 0 Å². The number of halogens is 1. The van der Waals surface area contributed by atoms with Gasteiger partial charge in [0.05, 0.1) is 6.61 Å². The van der Waals surface area contributed by atoms with Gasteiger partial charge in [-0.05, 0) is 6.07 Å². The van der Waals surface area contributed by atoms with E-state index in [2.05, 4.69) is 4.98 Å². The molecule has 0 amide bonds. The molecule has 0 fully saturated rings. The van der Waals surface area contributed by atoms with Crippen LogP contribution in [0.4, 0.5) is 0 Å². The van der Waals surface area contributed by atoms with E-state index < -0.39 is 0 Å². The molecule has 54 valence electrons. The summed E-state index contributed by atoms with van der Waals surface area (Å²) in [5.41, 5.74) is 2.06. The van der Waals surface area contributed by atoms with E-state index in [1.165, 1.54) is 5.69 Å². The first-order valence-electron chi connectivity index (χ1n) is 3.30. The number of fused-ring (bicyclic) bond motifs is 1. The molecule has 0 saturated carbocycles. The zero-order valence-corrected chi connectivity index (χ0v) is 6.19. The van der Waals surface area contributed by atoms with Crippen LogP contribution in [0.15, 0.2) is 12.3 Å². The number of hydrogen-bond acceptors (Lipinski definition) is 1. The van der Waals surface area contributed by atoms with Crippen LogP contribution in [0, 0.1) is 0 Å². The molecule has 1 aromatic rings. The Morgan fingerprint density at radius 1 is 1.70 bits per heavy atom. The maximum atomic E-state index is 5.85. The van der Waals surface area contributed by atoms with Gasteiger partial charge < -0.3 is 9.72 Å². The maximum absolute atomic E-state index is 5.85. The normalized spacial score (nSPS) is 24.3. The molecule has 1 aromatic heterocycles. The van der Waals surface area contributed by atoms with Gasteiger partial charge in [0.25, 0.3) is 0 Å². The summed E-state index contributed by atoms with van der Waals surface area (Å²) in [5.74, 6) is 0. The third-order valence-corrected chi connectivity index (χ3v) is 2.09. The largest absolute Gasteiger partial charge is 0.365 e. The molecule has 1 unspecified atom stereocenters. The summed E-state index contributed by atoms with van der Waals surface area (Å²) in [7, 11) is 0. The van der Waals surface area contributed by atoms with Crippen LogP contribution >= 0.6 is 11.6 Å². The van der Waals surface area contributed by atoms with Crippen LogP contribution in [0.5, 0.6) is 0 Å². The Bertz CT molecular complexity index is 233.